The van der Waals surface area contributed by atoms with Crippen molar-refractivity contribution in [2.75, 3.05) is 11.5 Å². The topological polar surface area (TPSA) is 93.6 Å². The van der Waals surface area contributed by atoms with Crippen LogP contribution in [0.2, 0.25) is 0 Å². The highest BCUT2D eigenvalue weighted by molar-refractivity contribution is 6.11. The molecule has 0 spiro atoms. The number of fused-ring (bicyclic) bond motifs is 3. The molecule has 5 heteroatoms. The zero-order chi connectivity index (χ0) is 10.4. The third kappa shape index (κ3) is 1.03. The van der Waals surface area contributed by atoms with Gasteiger partial charge in [0.1, 0.15) is 17.8 Å². The number of nitrogen functional groups attached to an aromatic ring is 2. The van der Waals surface area contributed by atoms with Crippen LogP contribution in [0.1, 0.15) is 0 Å². The number of hydrogen-bond donors (Lipinski definition) is 3. The Balaban J connectivity index is 2.61. The minimum Gasteiger partial charge on any atom is -0.399 e. The third-order valence-corrected chi connectivity index (χ3v) is 2.44. The van der Waals surface area contributed by atoms with Gasteiger partial charge < -0.3 is 16.5 Å². The van der Waals surface area contributed by atoms with Crippen molar-refractivity contribution in [3.8, 4) is 0 Å². The molecule has 0 fully saturated rings. The summed E-state index contributed by atoms with van der Waals surface area (Å²) in [5.41, 5.74) is 13.9. The molecule has 1 aromatic carbocycles. The van der Waals surface area contributed by atoms with E-state index in [-0.39, 0.29) is 0 Å². The van der Waals surface area contributed by atoms with Gasteiger partial charge in [-0.3, -0.25) is 0 Å². The Morgan fingerprint density at radius 3 is 2.87 bits per heavy atom. The zero-order valence-electron chi connectivity index (χ0n) is 7.86. The Morgan fingerprint density at radius 1 is 1.13 bits per heavy atom. The van der Waals surface area contributed by atoms with Crippen LogP contribution >= 0.6 is 0 Å². The number of hydrogen-bond acceptors (Lipinski definition) is 4. The highest BCUT2D eigenvalue weighted by atomic mass is 15.0. The van der Waals surface area contributed by atoms with Crippen molar-refractivity contribution >= 4 is 33.4 Å². The molecule has 0 aliphatic carbocycles. The lowest BCUT2D eigenvalue weighted by molar-refractivity contribution is 1.21. The van der Waals surface area contributed by atoms with Crippen LogP contribution < -0.4 is 11.5 Å². The summed E-state index contributed by atoms with van der Waals surface area (Å²) in [5.74, 6) is 0.469. The van der Waals surface area contributed by atoms with E-state index in [1.54, 1.807) is 0 Å². The molecule has 3 rings (SSSR count). The van der Waals surface area contributed by atoms with Crippen molar-refractivity contribution in [2.24, 2.45) is 0 Å². The van der Waals surface area contributed by atoms with Crippen LogP contribution in [0, 0.1) is 0 Å². The Bertz CT molecular complexity index is 655. The summed E-state index contributed by atoms with van der Waals surface area (Å²) >= 11 is 0. The molecular formula is C10H9N5. The quantitative estimate of drug-likeness (QED) is 0.475. The zero-order valence-corrected chi connectivity index (χ0v) is 7.86. The second-order valence-corrected chi connectivity index (χ2v) is 3.41. The van der Waals surface area contributed by atoms with Crippen molar-refractivity contribution in [1.82, 2.24) is 15.0 Å². The smallest absolute Gasteiger partial charge is 0.143 e. The number of nitrogens with two attached hydrogens (primary N) is 2. The molecule has 0 amide bonds. The van der Waals surface area contributed by atoms with E-state index >= 15 is 0 Å². The molecule has 2 aromatic heterocycles. The summed E-state index contributed by atoms with van der Waals surface area (Å²) in [6.07, 6.45) is 1.44. The predicted octanol–water partition coefficient (Wildman–Crippen LogP) is 1.28. The number of nitrogens with zero attached hydrogens (tertiary/aromatic N) is 2. The van der Waals surface area contributed by atoms with Crippen LogP contribution in [0.25, 0.3) is 21.9 Å². The number of aromatic nitrogens is 3. The van der Waals surface area contributed by atoms with E-state index in [0.717, 1.165) is 21.9 Å². The lowest BCUT2D eigenvalue weighted by Gasteiger charge is -1.95. The minimum absolute atomic E-state index is 0.469. The van der Waals surface area contributed by atoms with E-state index in [1.807, 2.05) is 18.2 Å². The molecule has 74 valence electrons. The molecule has 0 aliphatic rings. The van der Waals surface area contributed by atoms with Crippen LogP contribution in [0.15, 0.2) is 24.5 Å². The van der Waals surface area contributed by atoms with E-state index < -0.39 is 0 Å². The molecule has 0 bridgehead atoms. The van der Waals surface area contributed by atoms with Gasteiger partial charge in [-0.05, 0) is 18.2 Å². The van der Waals surface area contributed by atoms with Crippen LogP contribution in [-0.2, 0) is 0 Å². The maximum atomic E-state index is 5.80. The molecule has 5 N–H and O–H groups in total. The van der Waals surface area contributed by atoms with Gasteiger partial charge >= 0.3 is 0 Å². The van der Waals surface area contributed by atoms with Gasteiger partial charge in [0, 0.05) is 16.6 Å². The second-order valence-electron chi connectivity index (χ2n) is 3.41. The van der Waals surface area contributed by atoms with Crippen molar-refractivity contribution in [3.05, 3.63) is 24.5 Å². The monoisotopic (exact) mass is 199 g/mol. The summed E-state index contributed by atoms with van der Waals surface area (Å²) in [6, 6.07) is 5.61. The maximum Gasteiger partial charge on any atom is 0.143 e. The van der Waals surface area contributed by atoms with E-state index in [1.165, 1.54) is 6.33 Å². The molecule has 3 aromatic rings. The molecule has 0 atom stereocenters. The lowest BCUT2D eigenvalue weighted by Crippen LogP contribution is -1.91. The molecule has 0 saturated carbocycles. The molecule has 5 nitrogen and oxygen atoms in total. The van der Waals surface area contributed by atoms with Crippen LogP contribution in [0.4, 0.5) is 11.5 Å². The van der Waals surface area contributed by atoms with Crippen LogP contribution in [0.5, 0.6) is 0 Å². The lowest BCUT2D eigenvalue weighted by atomic mass is 10.2. The van der Waals surface area contributed by atoms with E-state index in [9.17, 15) is 0 Å². The predicted molar refractivity (Wildman–Crippen MR) is 60.2 cm³/mol. The van der Waals surface area contributed by atoms with E-state index in [4.69, 9.17) is 11.5 Å². The van der Waals surface area contributed by atoms with Crippen molar-refractivity contribution in [3.63, 3.8) is 0 Å². The minimum atomic E-state index is 0.469. The fourth-order valence-corrected chi connectivity index (χ4v) is 1.76. The molecule has 15 heavy (non-hydrogen) atoms. The van der Waals surface area contributed by atoms with Gasteiger partial charge in [-0.25, -0.2) is 9.97 Å². The summed E-state index contributed by atoms with van der Waals surface area (Å²) in [6.45, 7) is 0. The normalized spacial score (nSPS) is 11.2. The fraction of sp³-hybridized carbons (Fsp3) is 0. The summed E-state index contributed by atoms with van der Waals surface area (Å²) in [5, 5.41) is 1.79. The summed E-state index contributed by atoms with van der Waals surface area (Å²) in [7, 11) is 0. The average Bonchev–Trinajstić information content (AvgIpc) is 2.57. The largest absolute Gasteiger partial charge is 0.399 e. The Kier molecular flexibility index (Phi) is 1.39. The van der Waals surface area contributed by atoms with Gasteiger partial charge in [-0.2, -0.15) is 0 Å². The van der Waals surface area contributed by atoms with Gasteiger partial charge in [0.25, 0.3) is 0 Å². The first-order valence-electron chi connectivity index (χ1n) is 4.53. The van der Waals surface area contributed by atoms with Gasteiger partial charge in [0.15, 0.2) is 0 Å². The Labute approximate surface area is 85.1 Å². The average molecular weight is 199 g/mol. The van der Waals surface area contributed by atoms with Crippen LogP contribution in [-0.4, -0.2) is 15.0 Å². The second kappa shape index (κ2) is 2.60. The van der Waals surface area contributed by atoms with E-state index in [2.05, 4.69) is 15.0 Å². The first-order chi connectivity index (χ1) is 7.25. The molecule has 0 radical (unpaired) electrons. The number of rotatable bonds is 0. The van der Waals surface area contributed by atoms with E-state index in [0.29, 0.717) is 11.5 Å². The Hall–Kier alpha value is -2.30. The number of anilines is 2. The van der Waals surface area contributed by atoms with Crippen molar-refractivity contribution in [2.45, 2.75) is 0 Å². The highest BCUT2D eigenvalue weighted by Crippen LogP contribution is 2.28. The highest BCUT2D eigenvalue weighted by Gasteiger charge is 2.08. The molecule has 0 saturated heterocycles. The SMILES string of the molecule is Nc1ccc2[nH]c3ncnc(N)c3c2c1. The number of H-pyrrole nitrogens is 1. The van der Waals surface area contributed by atoms with Crippen molar-refractivity contribution < 1.29 is 0 Å². The third-order valence-electron chi connectivity index (χ3n) is 2.44. The molecule has 0 aliphatic heterocycles. The van der Waals surface area contributed by atoms with Gasteiger partial charge in [0.2, 0.25) is 0 Å². The summed E-state index contributed by atoms with van der Waals surface area (Å²) < 4.78 is 0. The standard InChI is InChI=1S/C10H9N5/c11-5-1-2-7-6(3-5)8-9(12)13-4-14-10(8)15-7/h1-4H,11H2,(H3,12,13,14,15). The van der Waals surface area contributed by atoms with Gasteiger partial charge in [-0.15, -0.1) is 0 Å². The fourth-order valence-electron chi connectivity index (χ4n) is 1.76. The molecular weight excluding hydrogens is 190 g/mol. The maximum absolute atomic E-state index is 5.80. The number of nitrogens with one attached hydrogen (secondary N) is 1. The molecule has 2 heterocycles. The van der Waals surface area contributed by atoms with Gasteiger partial charge in [0.05, 0.1) is 5.39 Å². The van der Waals surface area contributed by atoms with Crippen molar-refractivity contribution in [1.29, 1.82) is 0 Å². The number of benzene rings is 1. The Morgan fingerprint density at radius 2 is 2.00 bits per heavy atom. The number of aromatic amines is 1. The first kappa shape index (κ1) is 8.05. The molecule has 0 unspecified atom stereocenters. The summed E-state index contributed by atoms with van der Waals surface area (Å²) in [4.78, 5) is 11.2. The first-order valence-corrected chi connectivity index (χ1v) is 4.53. The van der Waals surface area contributed by atoms with Crippen LogP contribution in [0.3, 0.4) is 0 Å². The van der Waals surface area contributed by atoms with Gasteiger partial charge in [-0.1, -0.05) is 0 Å².